The maximum atomic E-state index is 13.6. The Kier molecular flexibility index (Phi) is 5.60. The van der Waals surface area contributed by atoms with Crippen LogP contribution in [0.1, 0.15) is 41.1 Å². The fourth-order valence-corrected chi connectivity index (χ4v) is 5.78. The number of hydrogen-bond donors (Lipinski definition) is 1. The minimum atomic E-state index is -0.797. The smallest absolute Gasteiger partial charge is 0.300 e. The van der Waals surface area contributed by atoms with Gasteiger partial charge in [0.15, 0.2) is 0 Å². The Labute approximate surface area is 215 Å². The van der Waals surface area contributed by atoms with Crippen molar-refractivity contribution < 1.29 is 19.4 Å². The molecular formula is C31H28N2O4. The number of Topliss-reactive ketones (excluding diaryl/α,β-unsaturated/α-hetero) is 1. The van der Waals surface area contributed by atoms with Crippen molar-refractivity contribution in [3.05, 3.63) is 101 Å². The molecule has 1 aromatic heterocycles. The molecule has 0 bridgehead atoms. The highest BCUT2D eigenvalue weighted by molar-refractivity contribution is 6.52. The number of carbonyl (C=O) groups excluding carboxylic acids is 2. The number of para-hydroxylation sites is 1. The zero-order valence-corrected chi connectivity index (χ0v) is 20.9. The van der Waals surface area contributed by atoms with Gasteiger partial charge in [0.25, 0.3) is 11.7 Å². The lowest BCUT2D eigenvalue weighted by Crippen LogP contribution is -2.29. The Bertz CT molecular complexity index is 1600. The van der Waals surface area contributed by atoms with Gasteiger partial charge in [0, 0.05) is 47.0 Å². The second-order valence-electron chi connectivity index (χ2n) is 9.77. The molecule has 1 saturated heterocycles. The number of benzene rings is 3. The molecule has 1 unspecified atom stereocenters. The number of ether oxygens (including phenoxy) is 1. The molecule has 6 rings (SSSR count). The van der Waals surface area contributed by atoms with Gasteiger partial charge < -0.3 is 14.4 Å². The Morgan fingerprint density at radius 1 is 0.946 bits per heavy atom. The van der Waals surface area contributed by atoms with Crippen LogP contribution < -0.4 is 9.64 Å². The van der Waals surface area contributed by atoms with Gasteiger partial charge in [-0.25, -0.2) is 0 Å². The molecule has 0 spiro atoms. The Morgan fingerprint density at radius 2 is 1.73 bits per heavy atom. The lowest BCUT2D eigenvalue weighted by atomic mass is 9.88. The lowest BCUT2D eigenvalue weighted by molar-refractivity contribution is -0.132. The van der Waals surface area contributed by atoms with Gasteiger partial charge in [-0.05, 0) is 61.1 Å². The third kappa shape index (κ3) is 3.71. The fraction of sp³-hybridized carbons (Fsp3) is 0.226. The summed E-state index contributed by atoms with van der Waals surface area (Å²) < 4.78 is 7.38. The van der Waals surface area contributed by atoms with Crippen molar-refractivity contribution in [1.29, 1.82) is 0 Å². The van der Waals surface area contributed by atoms with E-state index in [-0.39, 0.29) is 11.3 Å². The molecule has 6 heteroatoms. The van der Waals surface area contributed by atoms with Crippen molar-refractivity contribution in [2.75, 3.05) is 12.0 Å². The number of aryl methyl sites for hydroxylation is 3. The van der Waals surface area contributed by atoms with Crippen LogP contribution in [0.5, 0.6) is 5.75 Å². The van der Waals surface area contributed by atoms with E-state index in [0.717, 1.165) is 42.1 Å². The molecule has 6 nitrogen and oxygen atoms in total. The SMILES string of the molecule is COc1cccc(N2C(=O)C(=O)/C(=C(/O)c3ccc4c(c3)CCCC4)C2c2cn(C)c3ccccc23)c1. The van der Waals surface area contributed by atoms with Gasteiger partial charge in [0.05, 0.1) is 18.7 Å². The summed E-state index contributed by atoms with van der Waals surface area (Å²) in [5.74, 6) is -0.942. The molecule has 1 atom stereocenters. The van der Waals surface area contributed by atoms with Crippen LogP contribution in [0.2, 0.25) is 0 Å². The van der Waals surface area contributed by atoms with Crippen molar-refractivity contribution >= 4 is 34.0 Å². The monoisotopic (exact) mass is 492 g/mol. The first-order chi connectivity index (χ1) is 18.0. The number of rotatable bonds is 4. The van der Waals surface area contributed by atoms with E-state index in [1.807, 2.05) is 60.3 Å². The molecule has 1 aliphatic heterocycles. The first-order valence-corrected chi connectivity index (χ1v) is 12.6. The van der Waals surface area contributed by atoms with E-state index in [1.165, 1.54) is 16.0 Å². The maximum absolute atomic E-state index is 13.6. The van der Waals surface area contributed by atoms with Crippen molar-refractivity contribution in [2.45, 2.75) is 31.7 Å². The zero-order valence-electron chi connectivity index (χ0n) is 20.9. The molecular weight excluding hydrogens is 464 g/mol. The molecule has 0 radical (unpaired) electrons. The summed E-state index contributed by atoms with van der Waals surface area (Å²) in [6.45, 7) is 0. The normalized spacial score (nSPS) is 18.9. The van der Waals surface area contributed by atoms with E-state index in [9.17, 15) is 14.7 Å². The van der Waals surface area contributed by atoms with Crippen LogP contribution in [0, 0.1) is 0 Å². The summed E-state index contributed by atoms with van der Waals surface area (Å²) in [6, 6.07) is 20.1. The number of ketones is 1. The number of hydrogen-bond acceptors (Lipinski definition) is 4. The van der Waals surface area contributed by atoms with Gasteiger partial charge in [0.1, 0.15) is 11.5 Å². The summed E-state index contributed by atoms with van der Waals surface area (Å²) in [4.78, 5) is 28.7. The lowest BCUT2D eigenvalue weighted by Gasteiger charge is -2.25. The van der Waals surface area contributed by atoms with Crippen LogP contribution in [0.25, 0.3) is 16.7 Å². The molecule has 2 heterocycles. The van der Waals surface area contributed by atoms with Crippen molar-refractivity contribution in [3.63, 3.8) is 0 Å². The van der Waals surface area contributed by atoms with E-state index in [2.05, 4.69) is 0 Å². The van der Waals surface area contributed by atoms with E-state index in [0.29, 0.717) is 17.0 Å². The Balaban J connectivity index is 1.60. The summed E-state index contributed by atoms with van der Waals surface area (Å²) in [5, 5.41) is 12.6. The third-order valence-corrected chi connectivity index (χ3v) is 7.62. The third-order valence-electron chi connectivity index (χ3n) is 7.62. The highest BCUT2D eigenvalue weighted by Crippen LogP contribution is 2.45. The maximum Gasteiger partial charge on any atom is 0.300 e. The van der Waals surface area contributed by atoms with E-state index >= 15 is 0 Å². The van der Waals surface area contributed by atoms with E-state index < -0.39 is 17.7 Å². The Hall–Kier alpha value is -4.32. The standard InChI is InChI=1S/C31H28N2O4/c1-32-18-25(24-12-5-6-13-26(24)32)28-27(29(34)21-15-14-19-8-3-4-9-20(19)16-21)30(35)31(36)33(28)22-10-7-11-23(17-22)37-2/h5-7,10-18,28,34H,3-4,8-9H2,1-2H3/b29-27+. The van der Waals surface area contributed by atoms with E-state index in [1.54, 1.807) is 31.4 Å². The molecule has 1 amide bonds. The Morgan fingerprint density at radius 3 is 2.54 bits per heavy atom. The highest BCUT2D eigenvalue weighted by Gasteiger charge is 2.48. The van der Waals surface area contributed by atoms with Crippen molar-refractivity contribution in [3.8, 4) is 5.75 Å². The van der Waals surface area contributed by atoms with Crippen molar-refractivity contribution in [2.24, 2.45) is 7.05 Å². The van der Waals surface area contributed by atoms with Crippen LogP contribution in [-0.2, 0) is 29.5 Å². The average Bonchev–Trinajstić information content (AvgIpc) is 3.41. The number of carbonyl (C=O) groups is 2. The van der Waals surface area contributed by atoms with Gasteiger partial charge in [0.2, 0.25) is 0 Å². The van der Waals surface area contributed by atoms with Crippen LogP contribution in [-0.4, -0.2) is 28.5 Å². The molecule has 37 heavy (non-hydrogen) atoms. The topological polar surface area (TPSA) is 71.8 Å². The number of anilines is 1. The number of aromatic nitrogens is 1. The second kappa shape index (κ2) is 8.96. The summed E-state index contributed by atoms with van der Waals surface area (Å²) >= 11 is 0. The zero-order chi connectivity index (χ0) is 25.7. The summed E-state index contributed by atoms with van der Waals surface area (Å²) in [6.07, 6.45) is 6.17. The number of aliphatic hydroxyl groups excluding tert-OH is 1. The summed E-state index contributed by atoms with van der Waals surface area (Å²) in [5.41, 5.74) is 5.42. The van der Waals surface area contributed by atoms with Gasteiger partial charge >= 0.3 is 0 Å². The van der Waals surface area contributed by atoms with E-state index in [4.69, 9.17) is 4.74 Å². The minimum Gasteiger partial charge on any atom is -0.507 e. The summed E-state index contributed by atoms with van der Waals surface area (Å²) in [7, 11) is 3.50. The molecule has 1 N–H and O–H groups in total. The number of aliphatic hydroxyl groups is 1. The molecule has 1 fully saturated rings. The van der Waals surface area contributed by atoms with Crippen LogP contribution in [0.15, 0.2) is 78.5 Å². The molecule has 1 aliphatic carbocycles. The number of methoxy groups -OCH3 is 1. The molecule has 0 saturated carbocycles. The predicted octanol–water partition coefficient (Wildman–Crippen LogP) is 5.69. The van der Waals surface area contributed by atoms with Gasteiger partial charge in [-0.1, -0.05) is 36.4 Å². The molecule has 4 aromatic rings. The first kappa shape index (κ1) is 23.1. The largest absolute Gasteiger partial charge is 0.507 e. The average molecular weight is 493 g/mol. The van der Waals surface area contributed by atoms with Gasteiger partial charge in [-0.2, -0.15) is 0 Å². The highest BCUT2D eigenvalue weighted by atomic mass is 16.5. The fourth-order valence-electron chi connectivity index (χ4n) is 5.78. The quantitative estimate of drug-likeness (QED) is 0.226. The van der Waals surface area contributed by atoms with Crippen LogP contribution >= 0.6 is 0 Å². The van der Waals surface area contributed by atoms with Gasteiger partial charge in [-0.15, -0.1) is 0 Å². The minimum absolute atomic E-state index is 0.0972. The first-order valence-electron chi connectivity index (χ1n) is 12.6. The van der Waals surface area contributed by atoms with Crippen LogP contribution in [0.4, 0.5) is 5.69 Å². The van der Waals surface area contributed by atoms with Crippen molar-refractivity contribution in [1.82, 2.24) is 4.57 Å². The number of nitrogens with zero attached hydrogens (tertiary/aromatic N) is 2. The molecule has 186 valence electrons. The second-order valence-corrected chi connectivity index (χ2v) is 9.77. The van der Waals surface area contributed by atoms with Crippen LogP contribution in [0.3, 0.4) is 0 Å². The predicted molar refractivity (Wildman–Crippen MR) is 144 cm³/mol. The number of fused-ring (bicyclic) bond motifs is 2. The van der Waals surface area contributed by atoms with Gasteiger partial charge in [-0.3, -0.25) is 14.5 Å². The molecule has 2 aliphatic rings. The number of amides is 1. The molecule has 3 aromatic carbocycles.